The van der Waals surface area contributed by atoms with Gasteiger partial charge in [0.2, 0.25) is 5.95 Å². The summed E-state index contributed by atoms with van der Waals surface area (Å²) in [5, 5.41) is 3.36. The lowest BCUT2D eigenvalue weighted by atomic mass is 10.2. The number of alkyl halides is 2. The molecule has 0 spiro atoms. The van der Waals surface area contributed by atoms with Gasteiger partial charge in [0.05, 0.1) is 36.6 Å². The van der Waals surface area contributed by atoms with E-state index in [1.165, 1.54) is 4.57 Å². The predicted octanol–water partition coefficient (Wildman–Crippen LogP) is 2.47. The topological polar surface area (TPSA) is 85.9 Å². The third-order valence-corrected chi connectivity index (χ3v) is 6.11. The number of halogens is 2. The molecule has 1 N–H and O–H groups in total. The molecule has 11 heteroatoms. The Kier molecular flexibility index (Phi) is 4.72. The maximum absolute atomic E-state index is 14.1. The average molecular weight is 440 g/mol. The van der Waals surface area contributed by atoms with Crippen molar-refractivity contribution in [3.8, 4) is 5.82 Å². The molecule has 1 atom stereocenters. The Morgan fingerprint density at radius 2 is 1.94 bits per heavy atom. The highest BCUT2D eigenvalue weighted by Gasteiger charge is 2.28. The Bertz CT molecular complexity index is 1270. The fraction of sp³-hybridized carbons (Fsp3) is 0.429. The van der Waals surface area contributed by atoms with Gasteiger partial charge in [0, 0.05) is 19.6 Å². The van der Waals surface area contributed by atoms with Crippen LogP contribution in [0.3, 0.4) is 0 Å². The molecular formula is C21H22F2N8O. The fourth-order valence-corrected chi connectivity index (χ4v) is 4.51. The van der Waals surface area contributed by atoms with Gasteiger partial charge in [0.25, 0.3) is 6.43 Å². The van der Waals surface area contributed by atoms with Crippen molar-refractivity contribution in [3.63, 3.8) is 0 Å². The normalized spacial score (nSPS) is 19.6. The molecule has 0 amide bonds. The van der Waals surface area contributed by atoms with E-state index in [0.717, 1.165) is 19.5 Å². The first-order valence-electron chi connectivity index (χ1n) is 10.7. The van der Waals surface area contributed by atoms with Gasteiger partial charge in [-0.3, -0.25) is 4.57 Å². The molecule has 0 aliphatic carbocycles. The number of benzene rings is 1. The molecule has 0 radical (unpaired) electrons. The number of para-hydroxylation sites is 2. The lowest BCUT2D eigenvalue weighted by molar-refractivity contribution is 0.122. The van der Waals surface area contributed by atoms with Crippen LogP contribution in [0, 0.1) is 0 Å². The molecule has 5 heterocycles. The summed E-state index contributed by atoms with van der Waals surface area (Å²) in [6, 6.07) is 7.29. The Balaban J connectivity index is 1.63. The second kappa shape index (κ2) is 7.75. The number of fused-ring (bicyclic) bond motifs is 2. The monoisotopic (exact) mass is 440 g/mol. The first-order chi connectivity index (χ1) is 15.7. The Labute approximate surface area is 182 Å². The zero-order valence-electron chi connectivity index (χ0n) is 17.3. The van der Waals surface area contributed by atoms with E-state index < -0.39 is 6.43 Å². The highest BCUT2D eigenvalue weighted by molar-refractivity contribution is 5.85. The molecule has 1 aromatic carbocycles. The van der Waals surface area contributed by atoms with Gasteiger partial charge in [-0.2, -0.15) is 9.97 Å². The molecule has 4 aromatic rings. The summed E-state index contributed by atoms with van der Waals surface area (Å²) < 4.78 is 37.1. The smallest absolute Gasteiger partial charge is 0.296 e. The molecule has 32 heavy (non-hydrogen) atoms. The van der Waals surface area contributed by atoms with Gasteiger partial charge < -0.3 is 19.5 Å². The lowest BCUT2D eigenvalue weighted by Crippen LogP contribution is -2.37. The largest absolute Gasteiger partial charge is 0.378 e. The highest BCUT2D eigenvalue weighted by atomic mass is 19.3. The Hall–Kier alpha value is -3.18. The maximum Gasteiger partial charge on any atom is 0.296 e. The SMILES string of the molecule is FC(F)c1nc2ccccc2n1-c1nc(N2CCOCC2)nc2c1ncn2C1CCNC1. The first kappa shape index (κ1) is 19.5. The number of morpholine rings is 1. The fourth-order valence-electron chi connectivity index (χ4n) is 4.51. The van der Waals surface area contributed by atoms with E-state index in [2.05, 4.69) is 15.3 Å². The van der Waals surface area contributed by atoms with Crippen LogP contribution < -0.4 is 10.2 Å². The second-order valence-electron chi connectivity index (χ2n) is 8.01. The van der Waals surface area contributed by atoms with Crippen molar-refractivity contribution in [1.29, 1.82) is 0 Å². The number of ether oxygens (including phenoxy) is 1. The number of nitrogens with one attached hydrogen (secondary N) is 1. The van der Waals surface area contributed by atoms with Crippen molar-refractivity contribution >= 4 is 28.1 Å². The molecule has 1 unspecified atom stereocenters. The number of imidazole rings is 2. The average Bonchev–Trinajstić information content (AvgIpc) is 3.56. The molecule has 166 valence electrons. The van der Waals surface area contributed by atoms with Crippen LogP contribution in [-0.2, 0) is 4.74 Å². The van der Waals surface area contributed by atoms with E-state index in [1.807, 2.05) is 9.47 Å². The molecule has 2 aliphatic rings. The van der Waals surface area contributed by atoms with E-state index in [4.69, 9.17) is 14.7 Å². The van der Waals surface area contributed by atoms with Gasteiger partial charge in [-0.1, -0.05) is 12.1 Å². The Morgan fingerprint density at radius 1 is 1.09 bits per heavy atom. The minimum atomic E-state index is -2.76. The van der Waals surface area contributed by atoms with Gasteiger partial charge in [-0.15, -0.1) is 0 Å². The van der Waals surface area contributed by atoms with Gasteiger partial charge >= 0.3 is 0 Å². The number of aromatic nitrogens is 6. The third-order valence-electron chi connectivity index (χ3n) is 6.11. The van der Waals surface area contributed by atoms with E-state index in [-0.39, 0.29) is 11.9 Å². The summed E-state index contributed by atoms with van der Waals surface area (Å²) in [5.74, 6) is 0.461. The van der Waals surface area contributed by atoms with Crippen LogP contribution in [0.4, 0.5) is 14.7 Å². The van der Waals surface area contributed by atoms with E-state index in [0.29, 0.717) is 60.3 Å². The van der Waals surface area contributed by atoms with Crippen LogP contribution in [0.1, 0.15) is 24.7 Å². The second-order valence-corrected chi connectivity index (χ2v) is 8.01. The van der Waals surface area contributed by atoms with Crippen molar-refractivity contribution in [1.82, 2.24) is 34.4 Å². The highest BCUT2D eigenvalue weighted by Crippen LogP contribution is 2.32. The maximum atomic E-state index is 14.1. The van der Waals surface area contributed by atoms with Gasteiger partial charge in [0.15, 0.2) is 22.8 Å². The molecule has 2 saturated heterocycles. The molecule has 9 nitrogen and oxygen atoms in total. The van der Waals surface area contributed by atoms with Crippen LogP contribution in [0.2, 0.25) is 0 Å². The van der Waals surface area contributed by atoms with Crippen molar-refractivity contribution in [2.24, 2.45) is 0 Å². The van der Waals surface area contributed by atoms with Crippen LogP contribution >= 0.6 is 0 Å². The standard InChI is InChI=1S/C21H22F2N8O/c22-17(23)20-26-14-3-1-2-4-15(14)31(20)19-16-18(30(12-25-16)13-5-6-24-11-13)27-21(28-19)29-7-9-32-10-8-29/h1-4,12-13,17,24H,5-11H2. The van der Waals surface area contributed by atoms with E-state index >= 15 is 0 Å². The third kappa shape index (κ3) is 3.11. The quantitative estimate of drug-likeness (QED) is 0.522. The molecule has 0 saturated carbocycles. The van der Waals surface area contributed by atoms with Gasteiger partial charge in [-0.05, 0) is 25.1 Å². The zero-order valence-corrected chi connectivity index (χ0v) is 17.3. The summed E-state index contributed by atoms with van der Waals surface area (Å²) in [5.41, 5.74) is 2.18. The van der Waals surface area contributed by atoms with Crippen molar-refractivity contribution in [3.05, 3.63) is 36.4 Å². The molecular weight excluding hydrogens is 418 g/mol. The van der Waals surface area contributed by atoms with Crippen molar-refractivity contribution in [2.45, 2.75) is 18.9 Å². The summed E-state index contributed by atoms with van der Waals surface area (Å²) in [7, 11) is 0. The molecule has 6 rings (SSSR count). The van der Waals surface area contributed by atoms with Crippen molar-refractivity contribution in [2.75, 3.05) is 44.3 Å². The summed E-state index contributed by atoms with van der Waals surface area (Å²) in [4.78, 5) is 20.4. The zero-order chi connectivity index (χ0) is 21.7. The summed E-state index contributed by atoms with van der Waals surface area (Å²) in [6.07, 6.45) is -0.0703. The number of hydrogen-bond donors (Lipinski definition) is 1. The molecule has 0 bridgehead atoms. The first-order valence-corrected chi connectivity index (χ1v) is 10.7. The van der Waals surface area contributed by atoms with Crippen LogP contribution in [0.25, 0.3) is 28.0 Å². The van der Waals surface area contributed by atoms with Crippen LogP contribution in [0.5, 0.6) is 0 Å². The van der Waals surface area contributed by atoms with E-state index in [1.54, 1.807) is 30.6 Å². The predicted molar refractivity (Wildman–Crippen MR) is 114 cm³/mol. The number of nitrogens with zero attached hydrogens (tertiary/aromatic N) is 7. The van der Waals surface area contributed by atoms with Crippen molar-refractivity contribution < 1.29 is 13.5 Å². The van der Waals surface area contributed by atoms with Gasteiger partial charge in [0.1, 0.15) is 0 Å². The minimum absolute atomic E-state index is 0.203. The van der Waals surface area contributed by atoms with Gasteiger partial charge in [-0.25, -0.2) is 18.7 Å². The lowest BCUT2D eigenvalue weighted by Gasteiger charge is -2.27. The number of rotatable bonds is 4. The number of hydrogen-bond acceptors (Lipinski definition) is 7. The van der Waals surface area contributed by atoms with Crippen LogP contribution in [0.15, 0.2) is 30.6 Å². The molecule has 2 aliphatic heterocycles. The van der Waals surface area contributed by atoms with E-state index in [9.17, 15) is 8.78 Å². The molecule has 3 aromatic heterocycles. The van der Waals surface area contributed by atoms with Crippen LogP contribution in [-0.4, -0.2) is 68.5 Å². The number of anilines is 1. The Morgan fingerprint density at radius 3 is 2.72 bits per heavy atom. The molecule has 2 fully saturated rings. The minimum Gasteiger partial charge on any atom is -0.378 e. The summed E-state index contributed by atoms with van der Waals surface area (Å²) in [6.45, 7) is 4.14. The summed E-state index contributed by atoms with van der Waals surface area (Å²) >= 11 is 0.